The third kappa shape index (κ3) is 8.32. The van der Waals surface area contributed by atoms with Crippen molar-refractivity contribution in [3.8, 4) is 5.75 Å². The second-order valence-electron chi connectivity index (χ2n) is 11.4. The largest absolute Gasteiger partial charge is 2.00 e. The van der Waals surface area contributed by atoms with Crippen LogP contribution in [0, 0.1) is 5.92 Å². The Hall–Kier alpha value is -0.0369. The molecule has 1 nitrogen and oxygen atoms in total. The fourth-order valence-electron chi connectivity index (χ4n) is 4.53. The fourth-order valence-corrected chi connectivity index (χ4v) is 4.53. The van der Waals surface area contributed by atoms with Gasteiger partial charge in [0.2, 0.25) is 0 Å². The third-order valence-corrected chi connectivity index (χ3v) is 7.02. The van der Waals surface area contributed by atoms with Gasteiger partial charge in [0.1, 0.15) is 5.75 Å². The number of hydrogen-bond acceptors (Lipinski definition) is 1. The second kappa shape index (κ2) is 13.2. The van der Waals surface area contributed by atoms with E-state index >= 15 is 0 Å². The summed E-state index contributed by atoms with van der Waals surface area (Å²) in [6.45, 7) is 22.3. The van der Waals surface area contributed by atoms with E-state index in [0.29, 0.717) is 5.75 Å². The number of hydrogen-bond donors (Lipinski definition) is 1. The van der Waals surface area contributed by atoms with Crippen LogP contribution in [-0.2, 0) is 37.0 Å². The summed E-state index contributed by atoms with van der Waals surface area (Å²) >= 11 is 0. The van der Waals surface area contributed by atoms with Crippen molar-refractivity contribution < 1.29 is 56.1 Å². The van der Waals surface area contributed by atoms with E-state index in [1.807, 2.05) is 0 Å². The maximum absolute atomic E-state index is 11.2. The molecule has 0 aromatic heterocycles. The van der Waals surface area contributed by atoms with Gasteiger partial charge in [-0.25, -0.2) is 0 Å². The van der Waals surface area contributed by atoms with Crippen molar-refractivity contribution in [1.29, 1.82) is 0 Å². The number of halogens is 2. The molecule has 1 saturated carbocycles. The molecule has 1 N–H and O–H groups in total. The summed E-state index contributed by atoms with van der Waals surface area (Å²) in [7, 11) is 0. The van der Waals surface area contributed by atoms with E-state index in [-0.39, 0.29) is 61.8 Å². The Balaban J connectivity index is 0. The average Bonchev–Trinajstić information content (AvgIpc) is 3.10. The van der Waals surface area contributed by atoms with Crippen LogP contribution >= 0.6 is 0 Å². The van der Waals surface area contributed by atoms with Crippen molar-refractivity contribution in [1.82, 2.24) is 0 Å². The van der Waals surface area contributed by atoms with Gasteiger partial charge in [0, 0.05) is 11.1 Å². The van der Waals surface area contributed by atoms with Crippen molar-refractivity contribution >= 4 is 5.57 Å². The van der Waals surface area contributed by atoms with Gasteiger partial charge in [-0.05, 0) is 79.2 Å². The van der Waals surface area contributed by atoms with Gasteiger partial charge in [-0.3, -0.25) is 0 Å². The molecule has 0 radical (unpaired) electrons. The van der Waals surface area contributed by atoms with Crippen LogP contribution in [0.2, 0.25) is 0 Å². The third-order valence-electron chi connectivity index (χ3n) is 7.02. The van der Waals surface area contributed by atoms with Gasteiger partial charge < -0.3 is 29.9 Å². The van der Waals surface area contributed by atoms with Crippen molar-refractivity contribution in [3.63, 3.8) is 0 Å². The Kier molecular flexibility index (Phi) is 14.0. The molecule has 2 rings (SSSR count). The summed E-state index contributed by atoms with van der Waals surface area (Å²) in [4.78, 5) is 0. The molecule has 0 aliphatic heterocycles. The van der Waals surface area contributed by atoms with Crippen molar-refractivity contribution in [2.24, 2.45) is 5.92 Å². The molecule has 0 saturated heterocycles. The molecule has 32 heavy (non-hydrogen) atoms. The zero-order chi connectivity index (χ0) is 22.1. The molecule has 0 bridgehead atoms. The van der Waals surface area contributed by atoms with Crippen molar-refractivity contribution in [2.45, 2.75) is 112 Å². The summed E-state index contributed by atoms with van der Waals surface area (Å²) < 4.78 is 0. The zero-order valence-electron chi connectivity index (χ0n) is 22.0. The Labute approximate surface area is 229 Å². The first-order chi connectivity index (χ1) is 13.2. The van der Waals surface area contributed by atoms with E-state index in [1.54, 1.807) is 0 Å². The predicted octanol–water partition coefficient (Wildman–Crippen LogP) is 2.70. The molecule has 1 aliphatic carbocycles. The van der Waals surface area contributed by atoms with Crippen LogP contribution in [0.15, 0.2) is 28.9 Å². The quantitative estimate of drug-likeness (QED) is 0.564. The van der Waals surface area contributed by atoms with Crippen LogP contribution in [0.3, 0.4) is 0 Å². The smallest absolute Gasteiger partial charge is 1.00 e. The van der Waals surface area contributed by atoms with Gasteiger partial charge in [0.25, 0.3) is 0 Å². The van der Waals surface area contributed by atoms with E-state index in [2.05, 4.69) is 81.4 Å². The molecule has 4 heteroatoms. The number of benzene rings is 1. The van der Waals surface area contributed by atoms with Crippen LogP contribution < -0.4 is 24.8 Å². The van der Waals surface area contributed by atoms with Gasteiger partial charge in [0.15, 0.2) is 0 Å². The van der Waals surface area contributed by atoms with Gasteiger partial charge in [-0.2, -0.15) is 0 Å². The van der Waals surface area contributed by atoms with E-state index < -0.39 is 0 Å². The molecule has 180 valence electrons. The molecule has 0 atom stereocenters. The Morgan fingerprint density at radius 3 is 1.78 bits per heavy atom. The Bertz CT molecular complexity index is 817. The molecule has 1 aromatic carbocycles. The van der Waals surface area contributed by atoms with Crippen molar-refractivity contribution in [2.75, 3.05) is 0 Å². The standard InChI is InChI=1S/C28H44O.2ClH.Zr/c1-18(15-22-13-11-12-14-22)19(2)20(3)21(4)24-16-23(27(5,6)7)17-25(26(24)29)28(8,9)10;;;/h16-17,22,29H,11-15H2,1-10H3;2*1H;/q;;;+2/p-2. The number of aromatic hydroxyl groups is 1. The van der Waals surface area contributed by atoms with E-state index in [9.17, 15) is 5.11 Å². The Morgan fingerprint density at radius 1 is 0.844 bits per heavy atom. The first-order valence-corrected chi connectivity index (χ1v) is 11.5. The molecule has 0 unspecified atom stereocenters. The van der Waals surface area contributed by atoms with Gasteiger partial charge in [-0.15, -0.1) is 0 Å². The van der Waals surface area contributed by atoms with Gasteiger partial charge in [-0.1, -0.05) is 78.9 Å². The molecule has 0 heterocycles. The first-order valence-electron chi connectivity index (χ1n) is 11.5. The molecule has 1 aromatic rings. The maximum atomic E-state index is 11.2. The maximum Gasteiger partial charge on any atom is 2.00 e. The molecular formula is C28H44Cl2OZr. The Morgan fingerprint density at radius 2 is 1.34 bits per heavy atom. The minimum absolute atomic E-state index is 0. The minimum atomic E-state index is -0.0997. The van der Waals surface area contributed by atoms with Gasteiger partial charge in [0.05, 0.1) is 0 Å². The summed E-state index contributed by atoms with van der Waals surface area (Å²) in [5.41, 5.74) is 8.67. The normalized spacial score (nSPS) is 16.3. The summed E-state index contributed by atoms with van der Waals surface area (Å²) in [5, 5.41) is 11.2. The number of rotatable bonds is 4. The predicted molar refractivity (Wildman–Crippen MR) is 129 cm³/mol. The first kappa shape index (κ1) is 34.1. The summed E-state index contributed by atoms with van der Waals surface area (Å²) in [5.74, 6) is 1.31. The van der Waals surface area contributed by atoms with Crippen LogP contribution in [0.1, 0.15) is 118 Å². The van der Waals surface area contributed by atoms with Crippen LogP contribution in [0.5, 0.6) is 5.75 Å². The number of phenolic OH excluding ortho intramolecular Hbond substituents is 1. The SMILES string of the molecule is CC(CC1CCCC1)=C(C)C(C)=C(C)c1cc(C(C)(C)C)cc(C(C)(C)C)c1O.[Cl-].[Cl-].[Zr+2]. The second-order valence-corrected chi connectivity index (χ2v) is 11.4. The molecule has 1 fully saturated rings. The summed E-state index contributed by atoms with van der Waals surface area (Å²) in [6.07, 6.45) is 6.78. The molecule has 0 spiro atoms. The van der Waals surface area contributed by atoms with Gasteiger partial charge >= 0.3 is 26.2 Å². The molecular weight excluding hydrogens is 514 g/mol. The number of allylic oxidation sites excluding steroid dienone is 4. The monoisotopic (exact) mass is 556 g/mol. The fraction of sp³-hybridized carbons (Fsp3) is 0.643. The van der Waals surface area contributed by atoms with E-state index in [4.69, 9.17) is 0 Å². The molecule has 0 amide bonds. The van der Waals surface area contributed by atoms with Crippen molar-refractivity contribution in [3.05, 3.63) is 45.5 Å². The summed E-state index contributed by atoms with van der Waals surface area (Å²) in [6, 6.07) is 4.42. The van der Waals surface area contributed by atoms with E-state index in [0.717, 1.165) is 17.0 Å². The average molecular weight is 559 g/mol. The van der Waals surface area contributed by atoms with Crippen LogP contribution in [-0.4, -0.2) is 5.11 Å². The van der Waals surface area contributed by atoms with Crippen LogP contribution in [0.25, 0.3) is 5.57 Å². The minimum Gasteiger partial charge on any atom is -1.00 e. The van der Waals surface area contributed by atoms with Crippen LogP contribution in [0.4, 0.5) is 0 Å². The zero-order valence-corrected chi connectivity index (χ0v) is 25.9. The topological polar surface area (TPSA) is 20.2 Å². The van der Waals surface area contributed by atoms with E-state index in [1.165, 1.54) is 60.0 Å². The number of phenols is 1. The molecule has 1 aliphatic rings.